The number of benzene rings is 2. The van der Waals surface area contributed by atoms with Crippen LogP contribution in [-0.2, 0) is 19.1 Å². The summed E-state index contributed by atoms with van der Waals surface area (Å²) in [5.41, 5.74) is 5.44. The SMILES string of the molecule is COC(=O)N[C@H](C(=O)N1CC=C[C@H]1c1ncc(-c2ccc(-c3ccc(-c4cnc([C@@H]5CC(O)CN5C(=O)[C@@H](NC(=O)OC)C(C)C)[nH]4)cc3)cc2)[nH]1)C(C)C. The lowest BCUT2D eigenvalue weighted by Gasteiger charge is -2.29. The number of methoxy groups -OCH3 is 2. The number of aliphatic hydroxyl groups is 1. The summed E-state index contributed by atoms with van der Waals surface area (Å²) in [5.74, 6) is 0.323. The summed E-state index contributed by atoms with van der Waals surface area (Å²) in [6.45, 7) is 7.96. The van der Waals surface area contributed by atoms with E-state index in [1.54, 1.807) is 22.2 Å². The number of carbonyl (C=O) groups excluding carboxylic acids is 4. The third kappa shape index (κ3) is 8.41. The maximum atomic E-state index is 13.6. The Morgan fingerprint density at radius 1 is 0.727 bits per heavy atom. The number of likely N-dealkylation sites (tertiary alicyclic amines) is 1. The van der Waals surface area contributed by atoms with E-state index >= 15 is 0 Å². The van der Waals surface area contributed by atoms with Crippen molar-refractivity contribution in [3.05, 3.63) is 84.7 Å². The third-order valence-electron chi connectivity index (χ3n) is 10.1. The number of amides is 4. The lowest BCUT2D eigenvalue weighted by atomic mass is 10.0. The summed E-state index contributed by atoms with van der Waals surface area (Å²) in [5, 5.41) is 15.8. The number of rotatable bonds is 11. The molecule has 5 N–H and O–H groups in total. The number of aliphatic hydroxyl groups excluding tert-OH is 1. The summed E-state index contributed by atoms with van der Waals surface area (Å²) in [6, 6.07) is 13.7. The molecule has 5 atom stereocenters. The van der Waals surface area contributed by atoms with Gasteiger partial charge in [0.15, 0.2) is 0 Å². The van der Waals surface area contributed by atoms with Gasteiger partial charge < -0.3 is 45.0 Å². The second-order valence-electron chi connectivity index (χ2n) is 14.5. The van der Waals surface area contributed by atoms with Crippen LogP contribution in [0, 0.1) is 11.8 Å². The fraction of sp³-hybridized carbons (Fsp3) is 0.400. The van der Waals surface area contributed by atoms with Gasteiger partial charge in [0.05, 0.1) is 50.1 Å². The number of carbonyl (C=O) groups is 4. The van der Waals surface area contributed by atoms with Crippen LogP contribution in [-0.4, -0.2) is 104 Å². The number of imidazole rings is 2. The number of β-amino-alcohol motifs (C(OH)–C–C–N with tert-alkyl or cyclic N) is 1. The van der Waals surface area contributed by atoms with Crippen molar-refractivity contribution in [2.24, 2.45) is 11.8 Å². The monoisotopic (exact) mass is 752 g/mol. The van der Waals surface area contributed by atoms with Crippen molar-refractivity contribution in [2.75, 3.05) is 27.3 Å². The number of hydrogen-bond acceptors (Lipinski definition) is 9. The number of hydrogen-bond donors (Lipinski definition) is 5. The minimum atomic E-state index is -0.812. The molecule has 0 saturated carbocycles. The highest BCUT2D eigenvalue weighted by Crippen LogP contribution is 2.34. The van der Waals surface area contributed by atoms with E-state index in [0.717, 1.165) is 33.6 Å². The molecule has 2 aliphatic heterocycles. The predicted octanol–water partition coefficient (Wildman–Crippen LogP) is 4.97. The van der Waals surface area contributed by atoms with E-state index in [2.05, 4.69) is 30.6 Å². The molecule has 4 amide bonds. The average molecular weight is 753 g/mol. The van der Waals surface area contributed by atoms with Crippen LogP contribution in [0.3, 0.4) is 0 Å². The number of nitrogens with zero attached hydrogens (tertiary/aromatic N) is 4. The van der Waals surface area contributed by atoms with Gasteiger partial charge in [-0.25, -0.2) is 19.6 Å². The van der Waals surface area contributed by atoms with Crippen molar-refractivity contribution in [1.29, 1.82) is 0 Å². The number of aromatic amines is 2. The summed E-state index contributed by atoms with van der Waals surface area (Å²) < 4.78 is 9.45. The first-order valence-corrected chi connectivity index (χ1v) is 18.3. The number of H-pyrrole nitrogens is 2. The van der Waals surface area contributed by atoms with Gasteiger partial charge in [-0.1, -0.05) is 88.4 Å². The van der Waals surface area contributed by atoms with E-state index in [0.29, 0.717) is 24.6 Å². The van der Waals surface area contributed by atoms with Gasteiger partial charge >= 0.3 is 12.2 Å². The van der Waals surface area contributed by atoms with E-state index in [-0.39, 0.29) is 30.2 Å². The van der Waals surface area contributed by atoms with Gasteiger partial charge in [-0.15, -0.1) is 0 Å². The quantitative estimate of drug-likeness (QED) is 0.132. The molecule has 15 nitrogen and oxygen atoms in total. The van der Waals surface area contributed by atoms with Crippen LogP contribution in [0.4, 0.5) is 9.59 Å². The van der Waals surface area contributed by atoms with Crippen LogP contribution in [0.5, 0.6) is 0 Å². The molecule has 1 saturated heterocycles. The van der Waals surface area contributed by atoms with Crippen LogP contribution < -0.4 is 10.6 Å². The predicted molar refractivity (Wildman–Crippen MR) is 204 cm³/mol. The maximum absolute atomic E-state index is 13.6. The Morgan fingerprint density at radius 3 is 1.67 bits per heavy atom. The van der Waals surface area contributed by atoms with Gasteiger partial charge in [0, 0.05) is 19.5 Å². The molecule has 2 aromatic heterocycles. The number of ether oxygens (including phenoxy) is 2. The second-order valence-corrected chi connectivity index (χ2v) is 14.5. The first-order valence-electron chi connectivity index (χ1n) is 18.3. The van der Waals surface area contributed by atoms with Gasteiger partial charge in [-0.05, 0) is 34.1 Å². The molecule has 4 heterocycles. The summed E-state index contributed by atoms with van der Waals surface area (Å²) in [4.78, 5) is 70.1. The van der Waals surface area contributed by atoms with Crippen LogP contribution in [0.25, 0.3) is 33.6 Å². The molecule has 0 radical (unpaired) electrons. The minimum Gasteiger partial charge on any atom is -0.453 e. The Hall–Kier alpha value is -5.96. The van der Waals surface area contributed by atoms with Crippen LogP contribution in [0.15, 0.2) is 73.1 Å². The van der Waals surface area contributed by atoms with Crippen molar-refractivity contribution >= 4 is 24.0 Å². The molecule has 0 aliphatic carbocycles. The first kappa shape index (κ1) is 38.8. The van der Waals surface area contributed by atoms with Gasteiger partial charge in [0.25, 0.3) is 0 Å². The van der Waals surface area contributed by atoms with Crippen molar-refractivity contribution in [2.45, 2.75) is 64.4 Å². The van der Waals surface area contributed by atoms with E-state index < -0.39 is 42.5 Å². The van der Waals surface area contributed by atoms with E-state index in [9.17, 15) is 24.3 Å². The molecule has 290 valence electrons. The molecule has 15 heteroatoms. The molecule has 1 unspecified atom stereocenters. The fourth-order valence-electron chi connectivity index (χ4n) is 7.03. The molecule has 2 aromatic carbocycles. The fourth-order valence-corrected chi connectivity index (χ4v) is 7.03. The highest BCUT2D eigenvalue weighted by molar-refractivity contribution is 5.87. The Morgan fingerprint density at radius 2 is 1.18 bits per heavy atom. The topological polar surface area (TPSA) is 195 Å². The molecular weight excluding hydrogens is 704 g/mol. The Labute approximate surface area is 319 Å². The molecule has 55 heavy (non-hydrogen) atoms. The Kier molecular flexibility index (Phi) is 11.7. The third-order valence-corrected chi connectivity index (χ3v) is 10.1. The molecule has 0 bridgehead atoms. The van der Waals surface area contributed by atoms with Crippen molar-refractivity contribution in [3.8, 4) is 33.6 Å². The molecule has 0 spiro atoms. The lowest BCUT2D eigenvalue weighted by Crippen LogP contribution is -2.51. The van der Waals surface area contributed by atoms with Crippen LogP contribution >= 0.6 is 0 Å². The standard InChI is InChI=1S/C40H48N8O7/c1-22(2)33(45-39(52)54-5)37(50)47-17-7-8-31(47)35-41-19-29(43-35)26-13-9-24(10-14-26)25-11-15-27(16-12-25)30-20-42-36(44-30)32-18-28(49)21-48(32)38(51)34(23(3)4)46-40(53)55-6/h7-16,19-20,22-23,28,31-34,49H,17-18,21H2,1-6H3,(H,41,43)(H,42,44)(H,45,52)(H,46,53)/t28?,31-,32-,33-,34-/m0/s1. The van der Waals surface area contributed by atoms with Crippen LogP contribution in [0.1, 0.15) is 57.8 Å². The van der Waals surface area contributed by atoms with Crippen molar-refractivity contribution in [3.63, 3.8) is 0 Å². The van der Waals surface area contributed by atoms with E-state index in [1.165, 1.54) is 14.2 Å². The summed E-state index contributed by atoms with van der Waals surface area (Å²) >= 11 is 0. The smallest absolute Gasteiger partial charge is 0.407 e. The zero-order valence-electron chi connectivity index (χ0n) is 31.8. The minimum absolute atomic E-state index is 0.134. The van der Waals surface area contributed by atoms with E-state index in [4.69, 9.17) is 9.47 Å². The van der Waals surface area contributed by atoms with Gasteiger partial charge in [-0.2, -0.15) is 0 Å². The normalized spacial score (nSPS) is 19.1. The van der Waals surface area contributed by atoms with Gasteiger partial charge in [-0.3, -0.25) is 9.59 Å². The molecule has 2 aliphatic rings. The average Bonchev–Trinajstić information content (AvgIpc) is 4.02. The summed E-state index contributed by atoms with van der Waals surface area (Å²) in [7, 11) is 2.52. The molecule has 6 rings (SSSR count). The molecule has 1 fully saturated rings. The highest BCUT2D eigenvalue weighted by atomic mass is 16.5. The van der Waals surface area contributed by atoms with Crippen molar-refractivity contribution < 1.29 is 33.8 Å². The van der Waals surface area contributed by atoms with Crippen molar-refractivity contribution in [1.82, 2.24) is 40.4 Å². The Balaban J connectivity index is 1.12. The maximum Gasteiger partial charge on any atom is 0.407 e. The van der Waals surface area contributed by atoms with E-state index in [1.807, 2.05) is 88.4 Å². The number of nitrogens with one attached hydrogen (secondary N) is 4. The Bertz CT molecular complexity index is 2020. The number of aromatic nitrogens is 4. The lowest BCUT2D eigenvalue weighted by molar-refractivity contribution is -0.136. The highest BCUT2D eigenvalue weighted by Gasteiger charge is 2.41. The van der Waals surface area contributed by atoms with Gasteiger partial charge in [0.1, 0.15) is 29.8 Å². The first-order chi connectivity index (χ1) is 26.4. The summed E-state index contributed by atoms with van der Waals surface area (Å²) in [6.07, 6.45) is 5.57. The zero-order chi connectivity index (χ0) is 39.4. The van der Waals surface area contributed by atoms with Crippen LogP contribution in [0.2, 0.25) is 0 Å². The molecule has 4 aromatic rings. The molecular formula is C40H48N8O7. The second kappa shape index (κ2) is 16.6. The zero-order valence-corrected chi connectivity index (χ0v) is 31.8. The number of alkyl carbamates (subject to hydrolysis) is 2. The van der Waals surface area contributed by atoms with Gasteiger partial charge in [0.2, 0.25) is 11.8 Å². The largest absolute Gasteiger partial charge is 0.453 e.